The van der Waals surface area contributed by atoms with Crippen LogP contribution in [0.15, 0.2) is 29.2 Å². The van der Waals surface area contributed by atoms with Gasteiger partial charge < -0.3 is 11.1 Å². The van der Waals surface area contributed by atoms with E-state index in [1.165, 1.54) is 18.4 Å². The normalized spacial score (nSPS) is 13.9. The van der Waals surface area contributed by atoms with E-state index in [4.69, 9.17) is 5.73 Å². The first kappa shape index (κ1) is 14.9. The summed E-state index contributed by atoms with van der Waals surface area (Å²) in [5.41, 5.74) is 6.70. The maximum atomic E-state index is 11.9. The summed E-state index contributed by atoms with van der Waals surface area (Å²) >= 11 is 0. The molecule has 0 saturated carbocycles. The van der Waals surface area contributed by atoms with Crippen molar-refractivity contribution in [3.63, 3.8) is 0 Å². The van der Waals surface area contributed by atoms with Gasteiger partial charge in [0.05, 0.1) is 11.1 Å². The minimum Gasteiger partial charge on any atom is -0.370 e. The topological polar surface area (TPSA) is 75.4 Å². The molecule has 0 aliphatic rings. The molecule has 1 aromatic rings. The van der Waals surface area contributed by atoms with Gasteiger partial charge in [0.1, 0.15) is 0 Å². The fourth-order valence-corrected chi connectivity index (χ4v) is 2.19. The fraction of sp³-hybridized carbons (Fsp3) is 0.500. The van der Waals surface area contributed by atoms with Gasteiger partial charge in [0, 0.05) is 19.8 Å². The molecule has 5 nitrogen and oxygen atoms in total. The number of rotatable bonds is 5. The number of nitrogens with one attached hydrogen (secondary N) is 1. The van der Waals surface area contributed by atoms with E-state index in [9.17, 15) is 8.42 Å². The molecule has 1 atom stereocenters. The predicted molar refractivity (Wildman–Crippen MR) is 73.8 cm³/mol. The van der Waals surface area contributed by atoms with Gasteiger partial charge in [-0.15, -0.1) is 0 Å². The molecule has 0 saturated heterocycles. The molecule has 1 unspecified atom stereocenters. The summed E-state index contributed by atoms with van der Waals surface area (Å²) in [5.74, 6) is 0.301. The highest BCUT2D eigenvalue weighted by Crippen LogP contribution is 2.17. The van der Waals surface area contributed by atoms with Crippen molar-refractivity contribution in [2.24, 2.45) is 11.7 Å². The van der Waals surface area contributed by atoms with Gasteiger partial charge in [-0.25, -0.2) is 12.7 Å². The van der Waals surface area contributed by atoms with Gasteiger partial charge in [-0.05, 0) is 30.2 Å². The van der Waals surface area contributed by atoms with Gasteiger partial charge in [0.2, 0.25) is 10.0 Å². The Balaban J connectivity index is 2.88. The molecule has 0 radical (unpaired) electrons. The van der Waals surface area contributed by atoms with Gasteiger partial charge in [-0.2, -0.15) is 0 Å². The van der Waals surface area contributed by atoms with Crippen LogP contribution in [0.4, 0.5) is 5.69 Å². The molecule has 0 fully saturated rings. The van der Waals surface area contributed by atoms with Crippen LogP contribution in [-0.2, 0) is 10.0 Å². The zero-order valence-electron chi connectivity index (χ0n) is 11.2. The van der Waals surface area contributed by atoms with Crippen LogP contribution in [0.25, 0.3) is 0 Å². The largest absolute Gasteiger partial charge is 0.370 e. The van der Waals surface area contributed by atoms with Crippen LogP contribution in [0.5, 0.6) is 0 Å². The van der Waals surface area contributed by atoms with Crippen LogP contribution >= 0.6 is 0 Å². The van der Waals surface area contributed by atoms with E-state index in [0.717, 1.165) is 5.69 Å². The number of nitrogens with two attached hydrogens (primary N) is 1. The quantitative estimate of drug-likeness (QED) is 0.791. The number of hydrogen-bond acceptors (Lipinski definition) is 4. The second-order valence-electron chi connectivity index (χ2n) is 4.73. The van der Waals surface area contributed by atoms with E-state index < -0.39 is 10.0 Å². The van der Waals surface area contributed by atoms with Gasteiger partial charge in [0.25, 0.3) is 0 Å². The lowest BCUT2D eigenvalue weighted by atomic mass is 10.1. The molecule has 0 heterocycles. The van der Waals surface area contributed by atoms with Crippen LogP contribution in [0.1, 0.15) is 13.8 Å². The maximum absolute atomic E-state index is 11.9. The average Bonchev–Trinajstić information content (AvgIpc) is 2.29. The summed E-state index contributed by atoms with van der Waals surface area (Å²) in [4.78, 5) is 0.274. The Bertz CT molecular complexity index is 481. The number of hydrogen-bond donors (Lipinski definition) is 2. The molecule has 1 rings (SSSR count). The zero-order valence-corrected chi connectivity index (χ0v) is 12.0. The number of benzene rings is 1. The maximum Gasteiger partial charge on any atom is 0.242 e. The van der Waals surface area contributed by atoms with Crippen LogP contribution in [0.3, 0.4) is 0 Å². The Morgan fingerprint density at radius 3 is 2.06 bits per heavy atom. The molecular weight excluding hydrogens is 250 g/mol. The summed E-state index contributed by atoms with van der Waals surface area (Å²) in [7, 11) is -0.344. The summed E-state index contributed by atoms with van der Waals surface area (Å²) in [6, 6.07) is 6.59. The van der Waals surface area contributed by atoms with Crippen molar-refractivity contribution in [2.75, 3.05) is 19.4 Å². The lowest BCUT2D eigenvalue weighted by Gasteiger charge is -2.19. The second-order valence-corrected chi connectivity index (χ2v) is 6.88. The van der Waals surface area contributed by atoms with E-state index in [0.29, 0.717) is 5.92 Å². The van der Waals surface area contributed by atoms with Crippen molar-refractivity contribution in [2.45, 2.75) is 24.9 Å². The molecule has 6 heteroatoms. The molecule has 0 aliphatic carbocycles. The van der Waals surface area contributed by atoms with E-state index in [1.54, 1.807) is 24.3 Å². The third kappa shape index (κ3) is 3.44. The number of nitrogens with zero attached hydrogens (tertiary/aromatic N) is 1. The van der Waals surface area contributed by atoms with Gasteiger partial charge in [-0.3, -0.25) is 0 Å². The lowest BCUT2D eigenvalue weighted by molar-refractivity contribution is 0.520. The summed E-state index contributed by atoms with van der Waals surface area (Å²) in [6.07, 6.45) is -0.152. The second kappa shape index (κ2) is 5.69. The Hall–Kier alpha value is -1.11. The SMILES string of the molecule is CC(C)C(N)Nc1ccc(S(=O)(=O)N(C)C)cc1. The van der Waals surface area contributed by atoms with E-state index in [1.807, 2.05) is 13.8 Å². The van der Waals surface area contributed by atoms with Crippen molar-refractivity contribution in [3.8, 4) is 0 Å². The molecule has 1 aromatic carbocycles. The molecule has 0 amide bonds. The standard InChI is InChI=1S/C12H21N3O2S/c1-9(2)12(13)14-10-5-7-11(8-6-10)18(16,17)15(3)4/h5-9,12,14H,13H2,1-4H3. The molecule has 0 aromatic heterocycles. The van der Waals surface area contributed by atoms with Crippen LogP contribution in [-0.4, -0.2) is 33.0 Å². The number of anilines is 1. The Morgan fingerprint density at radius 2 is 1.67 bits per heavy atom. The van der Waals surface area contributed by atoms with Crippen molar-refractivity contribution in [3.05, 3.63) is 24.3 Å². The smallest absolute Gasteiger partial charge is 0.242 e. The molecule has 3 N–H and O–H groups in total. The Labute approximate surface area is 109 Å². The highest BCUT2D eigenvalue weighted by molar-refractivity contribution is 7.89. The van der Waals surface area contributed by atoms with Crippen molar-refractivity contribution in [1.82, 2.24) is 4.31 Å². The summed E-state index contributed by atoms with van der Waals surface area (Å²) in [6.45, 7) is 4.03. The number of sulfonamides is 1. The zero-order chi connectivity index (χ0) is 13.9. The first-order chi connectivity index (χ1) is 8.25. The van der Waals surface area contributed by atoms with E-state index in [2.05, 4.69) is 5.32 Å². The third-order valence-corrected chi connectivity index (χ3v) is 4.51. The van der Waals surface area contributed by atoms with Crippen molar-refractivity contribution in [1.29, 1.82) is 0 Å². The lowest BCUT2D eigenvalue weighted by Crippen LogP contribution is -2.34. The fourth-order valence-electron chi connectivity index (χ4n) is 1.29. The van der Waals surface area contributed by atoms with Crippen LogP contribution in [0.2, 0.25) is 0 Å². The van der Waals surface area contributed by atoms with Crippen molar-refractivity contribution >= 4 is 15.7 Å². The molecule has 0 spiro atoms. The first-order valence-electron chi connectivity index (χ1n) is 5.80. The molecule has 102 valence electrons. The minimum absolute atomic E-state index is 0.152. The Morgan fingerprint density at radius 1 is 1.17 bits per heavy atom. The van der Waals surface area contributed by atoms with E-state index in [-0.39, 0.29) is 11.1 Å². The molecule has 0 bridgehead atoms. The highest BCUT2D eigenvalue weighted by atomic mass is 32.2. The van der Waals surface area contributed by atoms with E-state index >= 15 is 0 Å². The monoisotopic (exact) mass is 271 g/mol. The van der Waals surface area contributed by atoms with Gasteiger partial charge in [-0.1, -0.05) is 13.8 Å². The average molecular weight is 271 g/mol. The van der Waals surface area contributed by atoms with Gasteiger partial charge >= 0.3 is 0 Å². The highest BCUT2D eigenvalue weighted by Gasteiger charge is 2.16. The molecular formula is C12H21N3O2S. The molecule has 18 heavy (non-hydrogen) atoms. The summed E-state index contributed by atoms with van der Waals surface area (Å²) in [5, 5.41) is 3.12. The van der Waals surface area contributed by atoms with Gasteiger partial charge in [0.15, 0.2) is 0 Å². The first-order valence-corrected chi connectivity index (χ1v) is 7.24. The minimum atomic E-state index is -3.36. The predicted octanol–water partition coefficient (Wildman–Crippen LogP) is 1.29. The Kier molecular flexibility index (Phi) is 4.72. The van der Waals surface area contributed by atoms with Crippen LogP contribution in [0, 0.1) is 5.92 Å². The van der Waals surface area contributed by atoms with Crippen molar-refractivity contribution < 1.29 is 8.42 Å². The third-order valence-electron chi connectivity index (χ3n) is 2.68. The summed E-state index contributed by atoms with van der Waals surface area (Å²) < 4.78 is 24.9. The molecule has 0 aliphatic heterocycles. The van der Waals surface area contributed by atoms with Crippen LogP contribution < -0.4 is 11.1 Å².